The van der Waals surface area contributed by atoms with Crippen molar-refractivity contribution >= 4 is 28.6 Å². The summed E-state index contributed by atoms with van der Waals surface area (Å²) in [6, 6.07) is 5.83. The summed E-state index contributed by atoms with van der Waals surface area (Å²) in [4.78, 5) is 28.5. The third kappa shape index (κ3) is 4.60. The minimum absolute atomic E-state index is 0.0794. The molecule has 31 heavy (non-hydrogen) atoms. The highest BCUT2D eigenvalue weighted by molar-refractivity contribution is 6.08. The summed E-state index contributed by atoms with van der Waals surface area (Å²) < 4.78 is 0. The van der Waals surface area contributed by atoms with Crippen LogP contribution in [0.3, 0.4) is 0 Å². The summed E-state index contributed by atoms with van der Waals surface area (Å²) >= 11 is 0. The molecular formula is C22H26N6O3. The van der Waals surface area contributed by atoms with Gasteiger partial charge in [-0.3, -0.25) is 14.9 Å². The number of hydrogen-bond donors (Lipinski definition) is 5. The number of amides is 2. The molecule has 2 heterocycles. The van der Waals surface area contributed by atoms with E-state index in [0.29, 0.717) is 18.4 Å². The number of fused-ring (bicyclic) bond motifs is 1. The van der Waals surface area contributed by atoms with Crippen LogP contribution in [0.15, 0.2) is 36.8 Å². The van der Waals surface area contributed by atoms with Crippen LogP contribution in [0, 0.1) is 0 Å². The summed E-state index contributed by atoms with van der Waals surface area (Å²) in [6.07, 6.45) is 6.16. The number of pyridine rings is 1. The lowest BCUT2D eigenvalue weighted by atomic mass is 10.0. The van der Waals surface area contributed by atoms with E-state index in [0.717, 1.165) is 34.1 Å². The molecule has 9 heteroatoms. The number of carbonyl (C=O) groups is 2. The molecule has 1 saturated carbocycles. The Bertz CT molecular complexity index is 1100. The third-order valence-corrected chi connectivity index (χ3v) is 5.47. The molecule has 0 bridgehead atoms. The van der Waals surface area contributed by atoms with Crippen LogP contribution < -0.4 is 16.0 Å². The van der Waals surface area contributed by atoms with E-state index in [1.807, 2.05) is 38.2 Å². The van der Waals surface area contributed by atoms with Crippen molar-refractivity contribution in [3.63, 3.8) is 0 Å². The van der Waals surface area contributed by atoms with E-state index < -0.39 is 6.09 Å². The van der Waals surface area contributed by atoms with Crippen LogP contribution in [0.4, 0.5) is 10.5 Å². The molecule has 1 fully saturated rings. The van der Waals surface area contributed by atoms with Gasteiger partial charge < -0.3 is 21.1 Å². The summed E-state index contributed by atoms with van der Waals surface area (Å²) in [5.74, 6) is -0.216. The minimum atomic E-state index is -1.03. The maximum Gasteiger partial charge on any atom is 0.404 e. The number of benzene rings is 1. The monoisotopic (exact) mass is 422 g/mol. The lowest BCUT2D eigenvalue weighted by Crippen LogP contribution is -2.37. The van der Waals surface area contributed by atoms with Crippen LogP contribution in [0.5, 0.6) is 0 Å². The van der Waals surface area contributed by atoms with Gasteiger partial charge in [-0.05, 0) is 50.8 Å². The molecule has 1 aliphatic rings. The molecule has 5 N–H and O–H groups in total. The first-order valence-corrected chi connectivity index (χ1v) is 10.4. The third-order valence-electron chi connectivity index (χ3n) is 5.47. The average Bonchev–Trinajstić information content (AvgIpc) is 3.39. The van der Waals surface area contributed by atoms with Gasteiger partial charge in [0.25, 0.3) is 5.91 Å². The molecule has 3 aromatic rings. The first-order valence-electron chi connectivity index (χ1n) is 10.4. The Hall–Kier alpha value is -3.62. The number of aromatic nitrogens is 3. The minimum Gasteiger partial charge on any atom is -0.465 e. The fourth-order valence-corrected chi connectivity index (χ4v) is 4.08. The predicted molar refractivity (Wildman–Crippen MR) is 118 cm³/mol. The maximum absolute atomic E-state index is 13.1. The molecule has 0 unspecified atom stereocenters. The second-order valence-corrected chi connectivity index (χ2v) is 8.19. The lowest BCUT2D eigenvalue weighted by Gasteiger charge is -2.19. The molecule has 0 aliphatic heterocycles. The van der Waals surface area contributed by atoms with E-state index in [1.54, 1.807) is 12.4 Å². The molecule has 1 aromatic carbocycles. The van der Waals surface area contributed by atoms with E-state index in [4.69, 9.17) is 5.11 Å². The Morgan fingerprint density at radius 2 is 1.90 bits per heavy atom. The standard InChI is InChI=1S/C22H26N6O3/c1-12(2)26-20-17-7-13(14-9-24-25-10-14)3-6-19(17)23-11-18(20)21(29)27-15-4-5-16(8-15)28-22(30)31/h3,6-7,9-12,15-16,28H,4-5,8H2,1-2H3,(H,23,26)(H,24,25)(H,27,29)(H,30,31)/t15-,16-/m0/s1. The van der Waals surface area contributed by atoms with Crippen molar-refractivity contribution in [2.24, 2.45) is 0 Å². The highest BCUT2D eigenvalue weighted by Crippen LogP contribution is 2.31. The number of nitrogens with one attached hydrogen (secondary N) is 4. The summed E-state index contributed by atoms with van der Waals surface area (Å²) in [6.45, 7) is 4.04. The van der Waals surface area contributed by atoms with Gasteiger partial charge >= 0.3 is 6.09 Å². The van der Waals surface area contributed by atoms with Crippen molar-refractivity contribution in [1.82, 2.24) is 25.8 Å². The second-order valence-electron chi connectivity index (χ2n) is 8.19. The number of aromatic amines is 1. The second kappa shape index (κ2) is 8.63. The van der Waals surface area contributed by atoms with E-state index in [1.165, 1.54) is 0 Å². The molecule has 2 atom stereocenters. The Balaban J connectivity index is 1.64. The number of carboxylic acid groups (broad SMARTS) is 1. The first-order chi connectivity index (χ1) is 14.9. The predicted octanol–water partition coefficient (Wildman–Crippen LogP) is 3.36. The SMILES string of the molecule is CC(C)Nc1c(C(=O)N[C@H]2CC[C@H](NC(=O)O)C2)cnc2ccc(-c3cn[nH]c3)cc12. The van der Waals surface area contributed by atoms with Gasteiger partial charge in [-0.25, -0.2) is 4.79 Å². The average molecular weight is 422 g/mol. The Labute approximate surface area is 179 Å². The summed E-state index contributed by atoms with van der Waals surface area (Å²) in [5.41, 5.74) is 3.93. The number of anilines is 1. The first kappa shape index (κ1) is 20.6. The zero-order valence-corrected chi connectivity index (χ0v) is 17.5. The van der Waals surface area contributed by atoms with E-state index in [-0.39, 0.29) is 24.0 Å². The van der Waals surface area contributed by atoms with Gasteiger partial charge in [0.2, 0.25) is 0 Å². The van der Waals surface area contributed by atoms with Crippen LogP contribution >= 0.6 is 0 Å². The highest BCUT2D eigenvalue weighted by Gasteiger charge is 2.28. The fraction of sp³-hybridized carbons (Fsp3) is 0.364. The molecular weight excluding hydrogens is 396 g/mol. The van der Waals surface area contributed by atoms with Crippen molar-refractivity contribution in [2.45, 2.75) is 51.2 Å². The summed E-state index contributed by atoms with van der Waals surface area (Å²) in [5, 5.41) is 25.6. The van der Waals surface area contributed by atoms with E-state index >= 15 is 0 Å². The molecule has 2 amide bonds. The van der Waals surface area contributed by atoms with Gasteiger partial charge in [0, 0.05) is 41.5 Å². The lowest BCUT2D eigenvalue weighted by molar-refractivity contribution is 0.0938. The molecule has 0 radical (unpaired) electrons. The smallest absolute Gasteiger partial charge is 0.404 e. The Kier molecular flexibility index (Phi) is 5.75. The van der Waals surface area contributed by atoms with Crippen molar-refractivity contribution in [1.29, 1.82) is 0 Å². The molecule has 4 rings (SSSR count). The van der Waals surface area contributed by atoms with Gasteiger partial charge in [-0.2, -0.15) is 5.10 Å². The van der Waals surface area contributed by atoms with Crippen molar-refractivity contribution in [3.8, 4) is 11.1 Å². The number of hydrogen-bond acceptors (Lipinski definition) is 5. The van der Waals surface area contributed by atoms with Crippen molar-refractivity contribution in [3.05, 3.63) is 42.4 Å². The van der Waals surface area contributed by atoms with Crippen LogP contribution in [0.25, 0.3) is 22.0 Å². The molecule has 2 aromatic heterocycles. The number of nitrogens with zero attached hydrogens (tertiary/aromatic N) is 2. The number of rotatable bonds is 6. The molecule has 0 spiro atoms. The van der Waals surface area contributed by atoms with Crippen LogP contribution in [0.1, 0.15) is 43.5 Å². The van der Waals surface area contributed by atoms with Crippen molar-refractivity contribution in [2.75, 3.05) is 5.32 Å². The zero-order valence-electron chi connectivity index (χ0n) is 17.5. The van der Waals surface area contributed by atoms with Gasteiger partial charge in [-0.1, -0.05) is 6.07 Å². The van der Waals surface area contributed by atoms with Gasteiger partial charge in [-0.15, -0.1) is 0 Å². The van der Waals surface area contributed by atoms with Gasteiger partial charge in [0.1, 0.15) is 0 Å². The van der Waals surface area contributed by atoms with Crippen molar-refractivity contribution < 1.29 is 14.7 Å². The Morgan fingerprint density at radius 1 is 1.13 bits per heavy atom. The maximum atomic E-state index is 13.1. The van der Waals surface area contributed by atoms with E-state index in [9.17, 15) is 9.59 Å². The van der Waals surface area contributed by atoms with Gasteiger partial charge in [0.05, 0.1) is 23.0 Å². The van der Waals surface area contributed by atoms with Crippen LogP contribution in [-0.4, -0.2) is 50.4 Å². The number of carbonyl (C=O) groups excluding carboxylic acids is 1. The van der Waals surface area contributed by atoms with Crippen LogP contribution in [0.2, 0.25) is 0 Å². The topological polar surface area (TPSA) is 132 Å². The largest absolute Gasteiger partial charge is 0.465 e. The molecule has 0 saturated heterocycles. The number of H-pyrrole nitrogens is 1. The molecule has 1 aliphatic carbocycles. The van der Waals surface area contributed by atoms with E-state index in [2.05, 4.69) is 31.1 Å². The van der Waals surface area contributed by atoms with Gasteiger partial charge in [0.15, 0.2) is 0 Å². The fourth-order valence-electron chi connectivity index (χ4n) is 4.08. The molecule has 9 nitrogen and oxygen atoms in total. The Morgan fingerprint density at radius 3 is 2.58 bits per heavy atom. The zero-order chi connectivity index (χ0) is 22.0. The summed E-state index contributed by atoms with van der Waals surface area (Å²) in [7, 11) is 0. The normalized spacial score (nSPS) is 18.3. The highest BCUT2D eigenvalue weighted by atomic mass is 16.4. The quantitative estimate of drug-likeness (QED) is 0.414. The molecule has 162 valence electrons. The van der Waals surface area contributed by atoms with Crippen LogP contribution in [-0.2, 0) is 0 Å².